The van der Waals surface area contributed by atoms with Crippen LogP contribution >= 0.6 is 11.3 Å². The van der Waals surface area contributed by atoms with Crippen molar-refractivity contribution in [2.45, 2.75) is 45.7 Å². The summed E-state index contributed by atoms with van der Waals surface area (Å²) < 4.78 is 0. The van der Waals surface area contributed by atoms with Gasteiger partial charge in [0, 0.05) is 24.0 Å². The van der Waals surface area contributed by atoms with Gasteiger partial charge in [-0.05, 0) is 20.3 Å². The van der Waals surface area contributed by atoms with Crippen LogP contribution in [0.2, 0.25) is 0 Å². The second-order valence-electron chi connectivity index (χ2n) is 4.80. The van der Waals surface area contributed by atoms with E-state index in [1.807, 2.05) is 27.0 Å². The first-order valence-corrected chi connectivity index (χ1v) is 7.36. The number of rotatable bonds is 3. The van der Waals surface area contributed by atoms with E-state index in [4.69, 9.17) is 0 Å². The maximum atomic E-state index is 12.4. The van der Waals surface area contributed by atoms with Gasteiger partial charge in [-0.1, -0.05) is 6.92 Å². The Morgan fingerprint density at radius 1 is 1.58 bits per heavy atom. The number of nitrogens with zero attached hydrogens (tertiary/aromatic N) is 2. The minimum Gasteiger partial charge on any atom is -0.344 e. The summed E-state index contributed by atoms with van der Waals surface area (Å²) in [6.45, 7) is 6.34. The second kappa shape index (κ2) is 5.69. The third kappa shape index (κ3) is 2.94. The van der Waals surface area contributed by atoms with Crippen molar-refractivity contribution in [2.24, 2.45) is 0 Å². The molecule has 0 bridgehead atoms. The zero-order valence-corrected chi connectivity index (χ0v) is 12.3. The molecule has 1 aromatic rings. The molecule has 1 N–H and O–H groups in total. The molecule has 0 spiro atoms. The van der Waals surface area contributed by atoms with Gasteiger partial charge >= 0.3 is 0 Å². The molecule has 0 saturated carbocycles. The number of carbonyl (C=O) groups excluding carboxylic acids is 2. The van der Waals surface area contributed by atoms with E-state index in [9.17, 15) is 9.59 Å². The van der Waals surface area contributed by atoms with Gasteiger partial charge in [-0.15, -0.1) is 11.3 Å². The third-order valence-electron chi connectivity index (χ3n) is 3.37. The van der Waals surface area contributed by atoms with E-state index in [1.54, 1.807) is 16.2 Å². The van der Waals surface area contributed by atoms with Gasteiger partial charge < -0.3 is 10.2 Å². The Kier molecular flexibility index (Phi) is 4.19. The highest BCUT2D eigenvalue weighted by Gasteiger charge is 2.32. The number of thiazole rings is 1. The highest BCUT2D eigenvalue weighted by Crippen LogP contribution is 2.26. The van der Waals surface area contributed by atoms with Crippen molar-refractivity contribution in [2.75, 3.05) is 6.54 Å². The fourth-order valence-corrected chi connectivity index (χ4v) is 3.06. The number of nitrogens with one attached hydrogen (secondary N) is 1. The standard InChI is InChI=1S/C13H19N3O2S/c1-4-10-13(18)16(6-5-11(17)15-10)9(3)12-14-7-8(2)19-12/h7,9-10H,4-6H2,1-3H3,(H,15,17). The summed E-state index contributed by atoms with van der Waals surface area (Å²) in [7, 11) is 0. The van der Waals surface area contributed by atoms with Crippen LogP contribution in [0.15, 0.2) is 6.20 Å². The van der Waals surface area contributed by atoms with Gasteiger partial charge in [0.2, 0.25) is 11.8 Å². The van der Waals surface area contributed by atoms with Gasteiger partial charge in [0.1, 0.15) is 11.0 Å². The van der Waals surface area contributed by atoms with Crippen molar-refractivity contribution >= 4 is 23.2 Å². The molecule has 0 aliphatic carbocycles. The average Bonchev–Trinajstić information content (AvgIpc) is 2.76. The molecule has 104 valence electrons. The Labute approximate surface area is 117 Å². The smallest absolute Gasteiger partial charge is 0.245 e. The largest absolute Gasteiger partial charge is 0.344 e. The molecule has 2 atom stereocenters. The molecule has 19 heavy (non-hydrogen) atoms. The summed E-state index contributed by atoms with van der Waals surface area (Å²) in [5, 5.41) is 3.70. The number of hydrogen-bond acceptors (Lipinski definition) is 4. The number of carbonyl (C=O) groups is 2. The molecule has 1 aromatic heterocycles. The summed E-state index contributed by atoms with van der Waals surface area (Å²) in [4.78, 5) is 31.3. The Morgan fingerprint density at radius 2 is 2.32 bits per heavy atom. The quantitative estimate of drug-likeness (QED) is 0.916. The van der Waals surface area contributed by atoms with E-state index < -0.39 is 6.04 Å². The van der Waals surface area contributed by atoms with Gasteiger partial charge in [0.25, 0.3) is 0 Å². The number of amides is 2. The van der Waals surface area contributed by atoms with E-state index in [2.05, 4.69) is 10.3 Å². The molecule has 2 unspecified atom stereocenters. The van der Waals surface area contributed by atoms with Crippen LogP contribution in [0.3, 0.4) is 0 Å². The molecule has 1 aliphatic rings. The van der Waals surface area contributed by atoms with Crippen molar-refractivity contribution in [3.8, 4) is 0 Å². The summed E-state index contributed by atoms with van der Waals surface area (Å²) in [5.41, 5.74) is 0. The van der Waals surface area contributed by atoms with E-state index in [0.29, 0.717) is 19.4 Å². The molecular formula is C13H19N3O2S. The Morgan fingerprint density at radius 3 is 2.89 bits per heavy atom. The summed E-state index contributed by atoms with van der Waals surface area (Å²) in [6.07, 6.45) is 2.79. The monoisotopic (exact) mass is 281 g/mol. The topological polar surface area (TPSA) is 62.3 Å². The molecule has 1 fully saturated rings. The van der Waals surface area contributed by atoms with Crippen LogP contribution in [0.25, 0.3) is 0 Å². The summed E-state index contributed by atoms with van der Waals surface area (Å²) >= 11 is 1.60. The molecule has 6 heteroatoms. The molecule has 2 heterocycles. The van der Waals surface area contributed by atoms with Crippen LogP contribution in [0.5, 0.6) is 0 Å². The van der Waals surface area contributed by atoms with Crippen molar-refractivity contribution in [1.29, 1.82) is 0 Å². The minimum atomic E-state index is -0.404. The first-order valence-electron chi connectivity index (χ1n) is 6.55. The lowest BCUT2D eigenvalue weighted by Gasteiger charge is -2.28. The average molecular weight is 281 g/mol. The summed E-state index contributed by atoms with van der Waals surface area (Å²) in [6, 6.07) is -0.480. The predicted molar refractivity (Wildman–Crippen MR) is 73.8 cm³/mol. The lowest BCUT2D eigenvalue weighted by Crippen LogP contribution is -2.45. The molecule has 1 aliphatic heterocycles. The van der Waals surface area contributed by atoms with Crippen LogP contribution in [0.4, 0.5) is 0 Å². The van der Waals surface area contributed by atoms with E-state index in [0.717, 1.165) is 9.88 Å². The summed E-state index contributed by atoms with van der Waals surface area (Å²) in [5.74, 6) is -0.0566. The fourth-order valence-electron chi connectivity index (χ4n) is 2.22. The van der Waals surface area contributed by atoms with E-state index >= 15 is 0 Å². The Hall–Kier alpha value is -1.43. The second-order valence-corrected chi connectivity index (χ2v) is 6.06. The third-order valence-corrected chi connectivity index (χ3v) is 4.45. The van der Waals surface area contributed by atoms with Crippen LogP contribution in [0.1, 0.15) is 42.6 Å². The van der Waals surface area contributed by atoms with Crippen molar-refractivity contribution in [1.82, 2.24) is 15.2 Å². The first kappa shape index (κ1) is 14.0. The maximum absolute atomic E-state index is 12.4. The van der Waals surface area contributed by atoms with E-state index in [1.165, 1.54) is 0 Å². The minimum absolute atomic E-state index is 0.00583. The Balaban J connectivity index is 2.21. The zero-order valence-electron chi connectivity index (χ0n) is 11.5. The molecule has 1 saturated heterocycles. The van der Waals surface area contributed by atoms with Gasteiger partial charge in [0.15, 0.2) is 0 Å². The van der Waals surface area contributed by atoms with E-state index in [-0.39, 0.29) is 17.9 Å². The predicted octanol–water partition coefficient (Wildman–Crippen LogP) is 1.64. The maximum Gasteiger partial charge on any atom is 0.245 e. The SMILES string of the molecule is CCC1NC(=O)CCN(C(C)c2ncc(C)s2)C1=O. The molecular weight excluding hydrogens is 262 g/mol. The van der Waals surface area contributed by atoms with Crippen molar-refractivity contribution < 1.29 is 9.59 Å². The van der Waals surface area contributed by atoms with Gasteiger partial charge in [0.05, 0.1) is 6.04 Å². The Bertz CT molecular complexity index is 486. The van der Waals surface area contributed by atoms with Crippen LogP contribution in [-0.2, 0) is 9.59 Å². The molecule has 0 radical (unpaired) electrons. The highest BCUT2D eigenvalue weighted by atomic mass is 32.1. The van der Waals surface area contributed by atoms with Gasteiger partial charge in [-0.3, -0.25) is 9.59 Å². The van der Waals surface area contributed by atoms with Crippen LogP contribution in [-0.4, -0.2) is 34.3 Å². The molecule has 0 aromatic carbocycles. The van der Waals surface area contributed by atoms with Crippen molar-refractivity contribution in [3.63, 3.8) is 0 Å². The van der Waals surface area contributed by atoms with Crippen LogP contribution < -0.4 is 5.32 Å². The fraction of sp³-hybridized carbons (Fsp3) is 0.615. The molecule has 5 nitrogen and oxygen atoms in total. The van der Waals surface area contributed by atoms with Gasteiger partial charge in [-0.25, -0.2) is 4.98 Å². The zero-order chi connectivity index (χ0) is 14.0. The first-order chi connectivity index (χ1) is 9.02. The number of hydrogen-bond donors (Lipinski definition) is 1. The molecule has 2 rings (SSSR count). The van der Waals surface area contributed by atoms with Gasteiger partial charge in [-0.2, -0.15) is 0 Å². The highest BCUT2D eigenvalue weighted by molar-refractivity contribution is 7.11. The number of aromatic nitrogens is 1. The number of aryl methyl sites for hydroxylation is 1. The normalized spacial score (nSPS) is 22.1. The molecule has 2 amide bonds. The lowest BCUT2D eigenvalue weighted by molar-refractivity contribution is -0.135. The van der Waals surface area contributed by atoms with Crippen LogP contribution in [0, 0.1) is 6.92 Å². The van der Waals surface area contributed by atoms with Crippen molar-refractivity contribution in [3.05, 3.63) is 16.1 Å². The lowest BCUT2D eigenvalue weighted by atomic mass is 10.2.